The Bertz CT molecular complexity index is 1580. The number of aryl methyl sites for hydroxylation is 1. The molecule has 0 saturated carbocycles. The number of nitrogens with one attached hydrogen (secondary N) is 3. The molecule has 4 amide bonds. The number of aromatic nitrogens is 3. The second-order valence-corrected chi connectivity index (χ2v) is 12.4. The average Bonchev–Trinajstić information content (AvgIpc) is 3.64. The fourth-order valence-corrected chi connectivity index (χ4v) is 5.76. The molecule has 45 heavy (non-hydrogen) atoms. The summed E-state index contributed by atoms with van der Waals surface area (Å²) in [6.45, 7) is 10.4. The third-order valence-corrected chi connectivity index (χ3v) is 8.08. The van der Waals surface area contributed by atoms with Crippen LogP contribution < -0.4 is 16.0 Å². The van der Waals surface area contributed by atoms with E-state index in [4.69, 9.17) is 9.15 Å². The number of rotatable bonds is 4. The zero-order chi connectivity index (χ0) is 33.0. The molecule has 4 rings (SSSR count). The molecule has 0 aliphatic carbocycles. The quantitative estimate of drug-likeness (QED) is 0.359. The van der Waals surface area contributed by atoms with Crippen LogP contribution in [0.5, 0.6) is 0 Å². The van der Waals surface area contributed by atoms with Crippen molar-refractivity contribution < 1.29 is 33.1 Å². The number of fused-ring (bicyclic) bond motifs is 4. The molecule has 0 spiro atoms. The smallest absolute Gasteiger partial charge is 0.339 e. The molecule has 3 N–H and O–H groups in total. The van der Waals surface area contributed by atoms with Gasteiger partial charge in [-0.15, -0.1) is 11.3 Å². The monoisotopic (exact) mass is 639 g/mol. The highest BCUT2D eigenvalue weighted by Gasteiger charge is 2.31. The molecule has 1 aliphatic heterocycles. The van der Waals surface area contributed by atoms with Gasteiger partial charge in [-0.05, 0) is 37.8 Å². The first-order chi connectivity index (χ1) is 21.3. The lowest BCUT2D eigenvalue weighted by Crippen LogP contribution is -2.49. The Labute approximate surface area is 264 Å². The molecule has 3 aromatic heterocycles. The first kappa shape index (κ1) is 33.2. The van der Waals surface area contributed by atoms with Gasteiger partial charge in [-0.1, -0.05) is 27.7 Å². The number of amides is 4. The summed E-state index contributed by atoms with van der Waals surface area (Å²) in [7, 11) is 1.24. The van der Waals surface area contributed by atoms with E-state index in [0.29, 0.717) is 5.01 Å². The molecule has 15 heteroatoms. The topological polar surface area (TPSA) is 186 Å². The highest BCUT2D eigenvalue weighted by Crippen LogP contribution is 2.27. The van der Waals surface area contributed by atoms with Crippen LogP contribution in [0, 0.1) is 18.8 Å². The molecule has 14 nitrogen and oxygen atoms in total. The predicted octanol–water partition coefficient (Wildman–Crippen LogP) is 2.84. The molecule has 3 aromatic rings. The zero-order valence-corrected chi connectivity index (χ0v) is 27.0. The number of nitrogens with zero attached hydrogens (tertiary/aromatic N) is 4. The lowest BCUT2D eigenvalue weighted by Gasteiger charge is -2.27. The molecular weight excluding hydrogens is 602 g/mol. The minimum atomic E-state index is -0.647. The maximum Gasteiger partial charge on any atom is 0.339 e. The van der Waals surface area contributed by atoms with E-state index >= 15 is 0 Å². The van der Waals surface area contributed by atoms with E-state index in [9.17, 15) is 24.0 Å². The molecule has 0 unspecified atom stereocenters. The van der Waals surface area contributed by atoms with Crippen molar-refractivity contribution in [1.29, 1.82) is 0 Å². The molecule has 0 saturated heterocycles. The molecule has 4 heterocycles. The Balaban J connectivity index is 1.72. The molecule has 4 bridgehead atoms. The molecule has 240 valence electrons. The van der Waals surface area contributed by atoms with E-state index in [1.807, 2.05) is 27.7 Å². The van der Waals surface area contributed by atoms with Gasteiger partial charge in [0.1, 0.15) is 28.2 Å². The summed E-state index contributed by atoms with van der Waals surface area (Å²) in [6.07, 6.45) is 1.22. The van der Waals surface area contributed by atoms with Crippen LogP contribution in [0.25, 0.3) is 0 Å². The molecular formula is C30H37N7O7S. The average molecular weight is 640 g/mol. The first-order valence-electron chi connectivity index (χ1n) is 14.5. The molecule has 0 aromatic carbocycles. The first-order valence-corrected chi connectivity index (χ1v) is 15.3. The summed E-state index contributed by atoms with van der Waals surface area (Å²) in [6, 6.07) is 0.939. The van der Waals surface area contributed by atoms with Crippen molar-refractivity contribution in [2.45, 2.75) is 59.7 Å². The summed E-state index contributed by atoms with van der Waals surface area (Å²) in [5.74, 6) is -2.49. The highest BCUT2D eigenvalue weighted by atomic mass is 32.1. The van der Waals surface area contributed by atoms with E-state index in [0.717, 1.165) is 0 Å². The zero-order valence-electron chi connectivity index (χ0n) is 26.2. The van der Waals surface area contributed by atoms with E-state index in [2.05, 4.69) is 30.9 Å². The van der Waals surface area contributed by atoms with Gasteiger partial charge >= 0.3 is 5.97 Å². The third-order valence-electron chi connectivity index (χ3n) is 7.15. The van der Waals surface area contributed by atoms with Gasteiger partial charge in [-0.3, -0.25) is 24.2 Å². The minimum absolute atomic E-state index is 0.0103. The van der Waals surface area contributed by atoms with Crippen LogP contribution in [0.3, 0.4) is 0 Å². The van der Waals surface area contributed by atoms with Crippen LogP contribution in [-0.2, 0) is 9.53 Å². The summed E-state index contributed by atoms with van der Waals surface area (Å²) in [4.78, 5) is 79.7. The summed E-state index contributed by atoms with van der Waals surface area (Å²) < 4.78 is 10.5. The summed E-state index contributed by atoms with van der Waals surface area (Å²) in [5, 5.41) is 10.8. The lowest BCUT2D eigenvalue weighted by atomic mass is 10.0. The number of hydrogen-bond acceptors (Lipinski definition) is 11. The van der Waals surface area contributed by atoms with Gasteiger partial charge in [0.05, 0.1) is 25.3 Å². The summed E-state index contributed by atoms with van der Waals surface area (Å²) in [5.41, 5.74) is 0.341. The van der Waals surface area contributed by atoms with Gasteiger partial charge in [0, 0.05) is 24.2 Å². The standard InChI is InChI=1S/C30H37N7O7S/c1-14(2)22-27-36-24(17(6)44-27)26(40)32-16(5)11-37(29(41)19-9-8-18(10-31-19)30(42)43-7)12-21(38)34-23(15(3)4)28-33-20(13-45-28)25(39)35-22/h8-10,13-16,22-23H,11-12H2,1-7H3,(H,32,40)(H,34,38)(H,35,39)/t16-,22-,23+/m1/s1. The molecule has 1 aliphatic rings. The van der Waals surface area contributed by atoms with E-state index < -0.39 is 47.7 Å². The number of thiazole rings is 1. The second-order valence-electron chi connectivity index (χ2n) is 11.5. The van der Waals surface area contributed by atoms with E-state index in [1.165, 1.54) is 41.7 Å². The van der Waals surface area contributed by atoms with Crippen molar-refractivity contribution in [2.24, 2.45) is 11.8 Å². The van der Waals surface area contributed by atoms with Gasteiger partial charge in [0.2, 0.25) is 11.8 Å². The number of hydrogen-bond donors (Lipinski definition) is 3. The Morgan fingerprint density at radius 3 is 2.36 bits per heavy atom. The largest absolute Gasteiger partial charge is 0.465 e. The molecule has 0 fully saturated rings. The van der Waals surface area contributed by atoms with Crippen LogP contribution in [0.1, 0.15) is 105 Å². The molecule has 3 atom stereocenters. The Hall–Kier alpha value is -4.66. The van der Waals surface area contributed by atoms with Crippen molar-refractivity contribution in [1.82, 2.24) is 35.8 Å². The normalized spacial score (nSPS) is 19.8. The van der Waals surface area contributed by atoms with Gasteiger partial charge in [0.25, 0.3) is 17.7 Å². The highest BCUT2D eigenvalue weighted by molar-refractivity contribution is 7.09. The van der Waals surface area contributed by atoms with E-state index in [1.54, 1.807) is 19.2 Å². The predicted molar refractivity (Wildman–Crippen MR) is 163 cm³/mol. The number of carbonyl (C=O) groups excluding carboxylic acids is 5. The van der Waals surface area contributed by atoms with Crippen LogP contribution in [-0.4, -0.2) is 75.7 Å². The maximum absolute atomic E-state index is 13.6. The van der Waals surface area contributed by atoms with Crippen LogP contribution >= 0.6 is 11.3 Å². The number of ether oxygens (including phenoxy) is 1. The van der Waals surface area contributed by atoms with Crippen molar-refractivity contribution in [3.05, 3.63) is 63.0 Å². The van der Waals surface area contributed by atoms with Gasteiger partial charge < -0.3 is 30.0 Å². The third kappa shape index (κ3) is 7.71. The van der Waals surface area contributed by atoms with Crippen molar-refractivity contribution in [3.63, 3.8) is 0 Å². The Morgan fingerprint density at radius 2 is 1.73 bits per heavy atom. The fraction of sp³-hybridized carbons (Fsp3) is 0.467. The van der Waals surface area contributed by atoms with Crippen LogP contribution in [0.4, 0.5) is 0 Å². The number of methoxy groups -OCH3 is 1. The second kappa shape index (κ2) is 14.0. The van der Waals surface area contributed by atoms with Gasteiger partial charge in [0.15, 0.2) is 5.69 Å². The van der Waals surface area contributed by atoms with Crippen molar-refractivity contribution in [3.8, 4) is 0 Å². The van der Waals surface area contributed by atoms with Gasteiger partial charge in [-0.2, -0.15) is 0 Å². The number of pyridine rings is 1. The van der Waals surface area contributed by atoms with Crippen LogP contribution in [0.15, 0.2) is 28.1 Å². The SMILES string of the molecule is COC(=O)c1ccc(C(=O)N2CC(=O)N[C@@H](C(C)C)c3nc(cs3)C(=O)N[C@H](C(C)C)c3nc(c(C)o3)C(=O)N[C@H](C)C2)nc1. The minimum Gasteiger partial charge on any atom is -0.465 e. The van der Waals surface area contributed by atoms with Crippen molar-refractivity contribution >= 4 is 40.9 Å². The van der Waals surface area contributed by atoms with Gasteiger partial charge in [-0.25, -0.2) is 14.8 Å². The molecule has 0 radical (unpaired) electrons. The van der Waals surface area contributed by atoms with Crippen LogP contribution in [0.2, 0.25) is 0 Å². The summed E-state index contributed by atoms with van der Waals surface area (Å²) >= 11 is 1.23. The number of oxazole rings is 1. The maximum atomic E-state index is 13.6. The van der Waals surface area contributed by atoms with E-state index in [-0.39, 0.29) is 59.2 Å². The number of esters is 1. The Morgan fingerprint density at radius 1 is 1.02 bits per heavy atom. The number of carbonyl (C=O) groups is 5. The Kier molecular flexibility index (Phi) is 10.3. The fourth-order valence-electron chi connectivity index (χ4n) is 4.74. The van der Waals surface area contributed by atoms with Crippen molar-refractivity contribution in [2.75, 3.05) is 20.2 Å². The lowest BCUT2D eigenvalue weighted by molar-refractivity contribution is -0.122.